The van der Waals surface area contributed by atoms with Crippen LogP contribution in [0.1, 0.15) is 41.0 Å². The molecule has 3 amide bonds. The Morgan fingerprint density at radius 3 is 1.91 bits per heavy atom. The van der Waals surface area contributed by atoms with Crippen LogP contribution in [0.3, 0.4) is 0 Å². The van der Waals surface area contributed by atoms with Crippen LogP contribution in [0.2, 0.25) is 0 Å². The average molecular weight is 328 g/mol. The fourth-order valence-corrected chi connectivity index (χ4v) is 1.79. The van der Waals surface area contributed by atoms with Crippen molar-refractivity contribution in [3.8, 4) is 0 Å². The zero-order chi connectivity index (χ0) is 18.3. The molecule has 23 heavy (non-hydrogen) atoms. The van der Waals surface area contributed by atoms with Gasteiger partial charge in [0.25, 0.3) is 0 Å². The third-order valence-electron chi connectivity index (χ3n) is 4.21. The molecule has 0 saturated carbocycles. The van der Waals surface area contributed by atoms with Crippen LogP contribution >= 0.6 is 0 Å². The third-order valence-corrected chi connectivity index (χ3v) is 4.21. The minimum atomic E-state index is -0.782. The Morgan fingerprint density at radius 2 is 1.52 bits per heavy atom. The minimum Gasteiger partial charge on any atom is -0.343 e. The van der Waals surface area contributed by atoms with Gasteiger partial charge in [0.05, 0.1) is 12.1 Å². The standard InChI is InChI=1S/C16H32N4O3/c1-8-10(4)13(18-15(22)12(17)9(2)3)16(23)19-14(21)11(5)20(6)7/h9-13H,8,17H2,1-7H3,(H,18,22)(H,19,21,23)/t10-,11?,12-,13-/m0/s1. The van der Waals surface area contributed by atoms with Gasteiger partial charge < -0.3 is 11.1 Å². The summed E-state index contributed by atoms with van der Waals surface area (Å²) in [5.74, 6) is -1.42. The second-order valence-corrected chi connectivity index (χ2v) is 6.63. The van der Waals surface area contributed by atoms with E-state index in [0.29, 0.717) is 6.42 Å². The van der Waals surface area contributed by atoms with Gasteiger partial charge in [-0.15, -0.1) is 0 Å². The Hall–Kier alpha value is -1.47. The summed E-state index contributed by atoms with van der Waals surface area (Å²) in [4.78, 5) is 38.3. The molecule has 0 aliphatic heterocycles. The van der Waals surface area contributed by atoms with Crippen LogP contribution in [0.4, 0.5) is 0 Å². The molecule has 7 nitrogen and oxygen atoms in total. The minimum absolute atomic E-state index is 0.0361. The summed E-state index contributed by atoms with van der Waals surface area (Å²) < 4.78 is 0. The predicted octanol–water partition coefficient (Wildman–Crippen LogP) is 0.0935. The quantitative estimate of drug-likeness (QED) is 0.586. The number of amides is 3. The molecule has 7 heteroatoms. The number of hydrogen-bond donors (Lipinski definition) is 3. The van der Waals surface area contributed by atoms with Crippen LogP contribution in [-0.4, -0.2) is 54.8 Å². The maximum Gasteiger partial charge on any atom is 0.249 e. The number of nitrogens with one attached hydrogen (secondary N) is 2. The Bertz CT molecular complexity index is 424. The van der Waals surface area contributed by atoms with E-state index in [-0.39, 0.29) is 17.7 Å². The first-order chi connectivity index (χ1) is 10.5. The maximum atomic E-state index is 12.4. The highest BCUT2D eigenvalue weighted by Crippen LogP contribution is 2.09. The first-order valence-electron chi connectivity index (χ1n) is 8.09. The molecule has 4 N–H and O–H groups in total. The van der Waals surface area contributed by atoms with Crippen LogP contribution in [0.5, 0.6) is 0 Å². The van der Waals surface area contributed by atoms with Crippen LogP contribution in [0, 0.1) is 11.8 Å². The van der Waals surface area contributed by atoms with Crippen molar-refractivity contribution in [1.29, 1.82) is 0 Å². The molecule has 134 valence electrons. The van der Waals surface area contributed by atoms with Crippen molar-refractivity contribution < 1.29 is 14.4 Å². The fraction of sp³-hybridized carbons (Fsp3) is 0.812. The van der Waals surface area contributed by atoms with Crippen molar-refractivity contribution in [2.45, 2.75) is 59.2 Å². The molecule has 0 aliphatic rings. The Labute approximate surface area is 139 Å². The number of carbonyl (C=O) groups excluding carboxylic acids is 3. The molecule has 0 saturated heterocycles. The first kappa shape index (κ1) is 21.5. The van der Waals surface area contributed by atoms with Crippen LogP contribution in [0.25, 0.3) is 0 Å². The van der Waals surface area contributed by atoms with Gasteiger partial charge in [-0.1, -0.05) is 34.1 Å². The van der Waals surface area contributed by atoms with Gasteiger partial charge in [-0.25, -0.2) is 0 Å². The van der Waals surface area contributed by atoms with Crippen LogP contribution in [0.15, 0.2) is 0 Å². The van der Waals surface area contributed by atoms with Crippen molar-refractivity contribution in [3.05, 3.63) is 0 Å². The monoisotopic (exact) mass is 328 g/mol. The lowest BCUT2D eigenvalue weighted by atomic mass is 9.96. The number of nitrogens with two attached hydrogens (primary N) is 1. The smallest absolute Gasteiger partial charge is 0.249 e. The van der Waals surface area contributed by atoms with E-state index in [1.807, 2.05) is 27.7 Å². The van der Waals surface area contributed by atoms with E-state index in [4.69, 9.17) is 5.73 Å². The second kappa shape index (κ2) is 9.62. The van der Waals surface area contributed by atoms with Gasteiger partial charge in [0, 0.05) is 0 Å². The van der Waals surface area contributed by atoms with Crippen LogP contribution in [-0.2, 0) is 14.4 Å². The highest BCUT2D eigenvalue weighted by atomic mass is 16.2. The number of hydrogen-bond acceptors (Lipinski definition) is 5. The molecular formula is C16H32N4O3. The van der Waals surface area contributed by atoms with Crippen molar-refractivity contribution in [1.82, 2.24) is 15.5 Å². The summed E-state index contributed by atoms with van der Waals surface area (Å²) in [7, 11) is 3.51. The van der Waals surface area contributed by atoms with Gasteiger partial charge in [0.1, 0.15) is 6.04 Å². The topological polar surface area (TPSA) is 105 Å². The van der Waals surface area contributed by atoms with E-state index in [9.17, 15) is 14.4 Å². The molecule has 1 unspecified atom stereocenters. The van der Waals surface area contributed by atoms with Crippen molar-refractivity contribution in [2.75, 3.05) is 14.1 Å². The third kappa shape index (κ3) is 6.66. The van der Waals surface area contributed by atoms with E-state index in [2.05, 4.69) is 10.6 Å². The lowest BCUT2D eigenvalue weighted by Gasteiger charge is -2.26. The number of likely N-dealkylation sites (N-methyl/N-ethyl adjacent to an activating group) is 1. The molecule has 0 aromatic rings. The SMILES string of the molecule is CC[C@H](C)[C@H](NC(=O)[C@@H](N)C(C)C)C(=O)NC(=O)C(C)N(C)C. The van der Waals surface area contributed by atoms with Gasteiger partial charge in [-0.3, -0.25) is 24.6 Å². The van der Waals surface area contributed by atoms with E-state index in [0.717, 1.165) is 0 Å². The second-order valence-electron chi connectivity index (χ2n) is 6.63. The normalized spacial score (nSPS) is 16.6. The maximum absolute atomic E-state index is 12.4. The Balaban J connectivity index is 5.01. The van der Waals surface area contributed by atoms with Crippen molar-refractivity contribution in [3.63, 3.8) is 0 Å². The van der Waals surface area contributed by atoms with E-state index in [1.54, 1.807) is 25.9 Å². The summed E-state index contributed by atoms with van der Waals surface area (Å²) in [6.07, 6.45) is 0.687. The molecule has 0 radical (unpaired) electrons. The Kier molecular flexibility index (Phi) is 9.01. The molecule has 0 aromatic heterocycles. The molecular weight excluding hydrogens is 296 g/mol. The summed E-state index contributed by atoms with van der Waals surface area (Å²) in [5, 5.41) is 5.06. The molecule has 0 aliphatic carbocycles. The summed E-state index contributed by atoms with van der Waals surface area (Å²) >= 11 is 0. The molecule has 0 heterocycles. The lowest BCUT2D eigenvalue weighted by Crippen LogP contribution is -2.57. The molecule has 0 bridgehead atoms. The first-order valence-corrected chi connectivity index (χ1v) is 8.09. The van der Waals surface area contributed by atoms with Crippen molar-refractivity contribution in [2.24, 2.45) is 17.6 Å². The summed E-state index contributed by atoms with van der Waals surface area (Å²) in [6.45, 7) is 9.15. The van der Waals surface area contributed by atoms with E-state index < -0.39 is 29.9 Å². The van der Waals surface area contributed by atoms with Gasteiger partial charge in [0.15, 0.2) is 0 Å². The Morgan fingerprint density at radius 1 is 1.00 bits per heavy atom. The molecule has 0 rings (SSSR count). The largest absolute Gasteiger partial charge is 0.343 e. The highest BCUT2D eigenvalue weighted by Gasteiger charge is 2.30. The van der Waals surface area contributed by atoms with Crippen LogP contribution < -0.4 is 16.4 Å². The van der Waals surface area contributed by atoms with Crippen molar-refractivity contribution >= 4 is 17.7 Å². The number of rotatable bonds is 8. The molecule has 0 fully saturated rings. The highest BCUT2D eigenvalue weighted by molar-refractivity contribution is 6.01. The molecule has 4 atom stereocenters. The van der Waals surface area contributed by atoms with Gasteiger partial charge >= 0.3 is 0 Å². The summed E-state index contributed by atoms with van der Waals surface area (Å²) in [6, 6.07) is -1.91. The molecule has 0 spiro atoms. The zero-order valence-corrected chi connectivity index (χ0v) is 15.3. The molecule has 0 aromatic carbocycles. The lowest BCUT2D eigenvalue weighted by molar-refractivity contribution is -0.137. The van der Waals surface area contributed by atoms with Gasteiger partial charge in [-0.05, 0) is 32.9 Å². The summed E-state index contributed by atoms with van der Waals surface area (Å²) in [5.41, 5.74) is 5.82. The predicted molar refractivity (Wildman–Crippen MR) is 90.5 cm³/mol. The average Bonchev–Trinajstić information content (AvgIpc) is 2.49. The van der Waals surface area contributed by atoms with Gasteiger partial charge in [-0.2, -0.15) is 0 Å². The van der Waals surface area contributed by atoms with E-state index >= 15 is 0 Å². The number of nitrogens with zero attached hydrogens (tertiary/aromatic N) is 1. The fourth-order valence-electron chi connectivity index (χ4n) is 1.79. The van der Waals surface area contributed by atoms with E-state index in [1.165, 1.54) is 0 Å². The zero-order valence-electron chi connectivity index (χ0n) is 15.3. The number of imide groups is 1. The number of carbonyl (C=O) groups is 3. The van der Waals surface area contributed by atoms with Gasteiger partial charge in [0.2, 0.25) is 17.7 Å².